The predicted molar refractivity (Wildman–Crippen MR) is 70.1 cm³/mol. The van der Waals surface area contributed by atoms with Crippen LogP contribution < -0.4 is 10.6 Å². The van der Waals surface area contributed by atoms with Gasteiger partial charge in [-0.3, -0.25) is 0 Å². The minimum atomic E-state index is -0.822. The highest BCUT2D eigenvalue weighted by molar-refractivity contribution is 5.79. The molecule has 1 aromatic rings. The van der Waals surface area contributed by atoms with E-state index in [0.29, 0.717) is 5.69 Å². The van der Waals surface area contributed by atoms with Crippen LogP contribution in [0, 0.1) is 5.41 Å². The summed E-state index contributed by atoms with van der Waals surface area (Å²) in [5.41, 5.74) is 6.79. The molecule has 0 fully saturated rings. The standard InChI is InChI=1S/C13H20N2O2/c1-13(2,3)11(12(16)17)15(4)10-7-5-9(14)6-8-10/h5-8,11H,14H2,1-4H3,(H,16,17). The summed E-state index contributed by atoms with van der Waals surface area (Å²) < 4.78 is 0. The van der Waals surface area contributed by atoms with Crippen LogP contribution in [-0.4, -0.2) is 24.2 Å². The first-order chi connectivity index (χ1) is 7.73. The highest BCUT2D eigenvalue weighted by Gasteiger charge is 2.34. The number of rotatable bonds is 3. The van der Waals surface area contributed by atoms with Crippen molar-refractivity contribution in [3.05, 3.63) is 24.3 Å². The van der Waals surface area contributed by atoms with Crippen molar-refractivity contribution in [2.75, 3.05) is 17.7 Å². The minimum absolute atomic E-state index is 0.345. The van der Waals surface area contributed by atoms with E-state index >= 15 is 0 Å². The van der Waals surface area contributed by atoms with Crippen LogP contribution in [0.2, 0.25) is 0 Å². The number of carbonyl (C=O) groups is 1. The lowest BCUT2D eigenvalue weighted by atomic mass is 9.85. The van der Waals surface area contributed by atoms with Crippen molar-refractivity contribution in [1.82, 2.24) is 0 Å². The Balaban J connectivity index is 3.04. The first-order valence-corrected chi connectivity index (χ1v) is 5.54. The van der Waals surface area contributed by atoms with Crippen molar-refractivity contribution in [1.29, 1.82) is 0 Å². The van der Waals surface area contributed by atoms with Gasteiger partial charge in [0.15, 0.2) is 0 Å². The van der Waals surface area contributed by atoms with Crippen molar-refractivity contribution in [2.45, 2.75) is 26.8 Å². The van der Waals surface area contributed by atoms with Gasteiger partial charge in [0.1, 0.15) is 6.04 Å². The summed E-state index contributed by atoms with van der Waals surface area (Å²) in [7, 11) is 1.79. The average Bonchev–Trinajstić information content (AvgIpc) is 2.15. The summed E-state index contributed by atoms with van der Waals surface area (Å²) in [6, 6.07) is 6.63. The Kier molecular flexibility index (Phi) is 3.66. The first kappa shape index (κ1) is 13.4. The van der Waals surface area contributed by atoms with Crippen molar-refractivity contribution in [3.8, 4) is 0 Å². The maximum atomic E-state index is 11.4. The van der Waals surface area contributed by atoms with Crippen LogP contribution in [0.5, 0.6) is 0 Å². The number of nitrogen functional groups attached to an aromatic ring is 1. The van der Waals surface area contributed by atoms with Gasteiger partial charge in [-0.1, -0.05) is 20.8 Å². The molecule has 17 heavy (non-hydrogen) atoms. The van der Waals surface area contributed by atoms with Gasteiger partial charge in [-0.15, -0.1) is 0 Å². The fourth-order valence-electron chi connectivity index (χ4n) is 1.98. The molecule has 1 atom stereocenters. The summed E-state index contributed by atoms with van der Waals surface area (Å²) in [5.74, 6) is -0.822. The van der Waals surface area contributed by atoms with Gasteiger partial charge in [0.05, 0.1) is 0 Å². The quantitative estimate of drug-likeness (QED) is 0.790. The number of likely N-dealkylation sites (N-methyl/N-ethyl adjacent to an activating group) is 1. The van der Waals surface area contributed by atoms with Gasteiger partial charge in [-0.2, -0.15) is 0 Å². The molecule has 94 valence electrons. The monoisotopic (exact) mass is 236 g/mol. The second-order valence-electron chi connectivity index (χ2n) is 5.31. The molecule has 0 bridgehead atoms. The van der Waals surface area contributed by atoms with Gasteiger partial charge in [0.2, 0.25) is 0 Å². The Hall–Kier alpha value is -1.71. The van der Waals surface area contributed by atoms with E-state index in [1.54, 1.807) is 24.1 Å². The van der Waals surface area contributed by atoms with Crippen LogP contribution in [0.3, 0.4) is 0 Å². The SMILES string of the molecule is CN(c1ccc(N)cc1)C(C(=O)O)C(C)(C)C. The van der Waals surface area contributed by atoms with Crippen LogP contribution in [0.15, 0.2) is 24.3 Å². The molecule has 0 aliphatic carbocycles. The molecule has 0 aliphatic heterocycles. The third kappa shape index (κ3) is 3.12. The Morgan fingerprint density at radius 1 is 1.29 bits per heavy atom. The first-order valence-electron chi connectivity index (χ1n) is 5.54. The number of anilines is 2. The molecule has 4 heteroatoms. The second-order valence-corrected chi connectivity index (χ2v) is 5.31. The maximum Gasteiger partial charge on any atom is 0.326 e. The highest BCUT2D eigenvalue weighted by atomic mass is 16.4. The summed E-state index contributed by atoms with van der Waals surface area (Å²) in [5, 5.41) is 9.33. The molecule has 0 radical (unpaired) electrons. The lowest BCUT2D eigenvalue weighted by Crippen LogP contribution is -2.47. The van der Waals surface area contributed by atoms with Gasteiger partial charge < -0.3 is 15.7 Å². The molecule has 0 saturated carbocycles. The maximum absolute atomic E-state index is 11.4. The fourth-order valence-corrected chi connectivity index (χ4v) is 1.98. The molecular formula is C13H20N2O2. The van der Waals surface area contributed by atoms with E-state index in [1.807, 2.05) is 32.9 Å². The molecule has 0 saturated heterocycles. The summed E-state index contributed by atoms with van der Waals surface area (Å²) in [6.07, 6.45) is 0. The van der Waals surface area contributed by atoms with E-state index in [1.165, 1.54) is 0 Å². The van der Waals surface area contributed by atoms with Gasteiger partial charge in [0.25, 0.3) is 0 Å². The number of hydrogen-bond donors (Lipinski definition) is 2. The molecule has 0 aromatic heterocycles. The lowest BCUT2D eigenvalue weighted by Gasteiger charge is -2.36. The number of hydrogen-bond acceptors (Lipinski definition) is 3. The number of aliphatic carboxylic acids is 1. The molecule has 0 aliphatic rings. The lowest BCUT2D eigenvalue weighted by molar-refractivity contribution is -0.141. The molecular weight excluding hydrogens is 216 g/mol. The predicted octanol–water partition coefficient (Wildman–Crippen LogP) is 2.20. The number of nitrogens with zero attached hydrogens (tertiary/aromatic N) is 1. The van der Waals surface area contributed by atoms with Crippen LogP contribution in [0.4, 0.5) is 11.4 Å². The third-order valence-electron chi connectivity index (χ3n) is 2.74. The fraction of sp³-hybridized carbons (Fsp3) is 0.462. The van der Waals surface area contributed by atoms with Gasteiger partial charge in [0, 0.05) is 18.4 Å². The summed E-state index contributed by atoms with van der Waals surface area (Å²) in [4.78, 5) is 13.1. The van der Waals surface area contributed by atoms with Crippen LogP contribution in [-0.2, 0) is 4.79 Å². The number of carboxylic acid groups (broad SMARTS) is 1. The Morgan fingerprint density at radius 3 is 2.12 bits per heavy atom. The molecule has 1 rings (SSSR count). The summed E-state index contributed by atoms with van der Waals surface area (Å²) in [6.45, 7) is 5.75. The molecule has 1 unspecified atom stereocenters. The second kappa shape index (κ2) is 4.65. The minimum Gasteiger partial charge on any atom is -0.480 e. The molecule has 0 spiro atoms. The molecule has 0 amide bonds. The van der Waals surface area contributed by atoms with Crippen LogP contribution in [0.1, 0.15) is 20.8 Å². The van der Waals surface area contributed by atoms with Crippen LogP contribution >= 0.6 is 0 Å². The smallest absolute Gasteiger partial charge is 0.326 e. The zero-order chi connectivity index (χ0) is 13.2. The van der Waals surface area contributed by atoms with E-state index in [9.17, 15) is 9.90 Å². The van der Waals surface area contributed by atoms with Gasteiger partial charge in [-0.05, 0) is 29.7 Å². The summed E-state index contributed by atoms with van der Waals surface area (Å²) >= 11 is 0. The van der Waals surface area contributed by atoms with E-state index in [2.05, 4.69) is 0 Å². The van der Waals surface area contributed by atoms with E-state index in [-0.39, 0.29) is 5.41 Å². The zero-order valence-electron chi connectivity index (χ0n) is 10.8. The number of benzene rings is 1. The van der Waals surface area contributed by atoms with Crippen LogP contribution in [0.25, 0.3) is 0 Å². The van der Waals surface area contributed by atoms with Crippen molar-refractivity contribution >= 4 is 17.3 Å². The Labute approximate surface area is 102 Å². The zero-order valence-corrected chi connectivity index (χ0v) is 10.8. The van der Waals surface area contributed by atoms with Gasteiger partial charge in [-0.25, -0.2) is 4.79 Å². The normalized spacial score (nSPS) is 13.2. The molecule has 1 aromatic carbocycles. The Bertz CT molecular complexity index is 393. The topological polar surface area (TPSA) is 66.6 Å². The van der Waals surface area contributed by atoms with Crippen molar-refractivity contribution in [2.24, 2.45) is 5.41 Å². The molecule has 0 heterocycles. The van der Waals surface area contributed by atoms with E-state index in [0.717, 1.165) is 5.69 Å². The van der Waals surface area contributed by atoms with Crippen molar-refractivity contribution in [3.63, 3.8) is 0 Å². The molecule has 4 nitrogen and oxygen atoms in total. The molecule has 3 N–H and O–H groups in total. The van der Waals surface area contributed by atoms with Gasteiger partial charge >= 0.3 is 5.97 Å². The number of carboxylic acids is 1. The largest absolute Gasteiger partial charge is 0.480 e. The van der Waals surface area contributed by atoms with E-state index in [4.69, 9.17) is 5.73 Å². The van der Waals surface area contributed by atoms with E-state index < -0.39 is 12.0 Å². The number of nitrogens with two attached hydrogens (primary N) is 1. The highest BCUT2D eigenvalue weighted by Crippen LogP contribution is 2.28. The third-order valence-corrected chi connectivity index (χ3v) is 2.74. The Morgan fingerprint density at radius 2 is 1.76 bits per heavy atom. The van der Waals surface area contributed by atoms with Crippen molar-refractivity contribution < 1.29 is 9.90 Å². The average molecular weight is 236 g/mol.